The van der Waals surface area contributed by atoms with Gasteiger partial charge in [0.05, 0.1) is 11.1 Å². The lowest BCUT2D eigenvalue weighted by Crippen LogP contribution is -2.41. The van der Waals surface area contributed by atoms with E-state index in [0.717, 1.165) is 11.1 Å². The Bertz CT molecular complexity index is 901. The molecule has 116 valence electrons. The molecular formula is C16H14N4O3. The smallest absolute Gasteiger partial charge is 0.290 e. The highest BCUT2D eigenvalue weighted by atomic mass is 16.3. The van der Waals surface area contributed by atoms with E-state index < -0.39 is 11.8 Å². The van der Waals surface area contributed by atoms with E-state index in [1.54, 1.807) is 12.1 Å². The topological polar surface area (TPSA) is 107 Å². The third-order valence-corrected chi connectivity index (χ3v) is 3.37. The molecule has 0 aliphatic heterocycles. The van der Waals surface area contributed by atoms with Gasteiger partial charge in [-0.15, -0.1) is 0 Å². The fraction of sp³-hybridized carbons (Fsp3) is 0.0625. The van der Waals surface area contributed by atoms with Gasteiger partial charge in [-0.05, 0) is 31.2 Å². The molecule has 0 aliphatic rings. The van der Waals surface area contributed by atoms with Gasteiger partial charge in [0.2, 0.25) is 0 Å². The highest BCUT2D eigenvalue weighted by Crippen LogP contribution is 2.17. The van der Waals surface area contributed by atoms with Crippen molar-refractivity contribution < 1.29 is 14.7 Å². The minimum atomic E-state index is -0.618. The summed E-state index contributed by atoms with van der Waals surface area (Å²) in [6.45, 7) is 1.91. The van der Waals surface area contributed by atoms with Crippen molar-refractivity contribution in [2.45, 2.75) is 6.92 Å². The molecule has 0 unspecified atom stereocenters. The van der Waals surface area contributed by atoms with Gasteiger partial charge in [-0.3, -0.25) is 25.5 Å². The number of aromatic nitrogens is 2. The highest BCUT2D eigenvalue weighted by molar-refractivity contribution is 6.06. The minimum Gasteiger partial charge on any atom is -0.507 e. The van der Waals surface area contributed by atoms with E-state index in [2.05, 4.69) is 21.0 Å². The molecule has 0 radical (unpaired) electrons. The lowest BCUT2D eigenvalue weighted by Gasteiger charge is -2.07. The summed E-state index contributed by atoms with van der Waals surface area (Å²) in [5.74, 6) is -1.34. The van der Waals surface area contributed by atoms with Gasteiger partial charge in [-0.2, -0.15) is 5.10 Å². The largest absolute Gasteiger partial charge is 0.507 e. The molecule has 0 atom stereocenters. The zero-order valence-corrected chi connectivity index (χ0v) is 12.3. The maximum atomic E-state index is 12.2. The van der Waals surface area contributed by atoms with Gasteiger partial charge < -0.3 is 5.11 Å². The Hall–Kier alpha value is -3.35. The number of rotatable bonds is 2. The number of aromatic hydroxyl groups is 1. The maximum Gasteiger partial charge on any atom is 0.290 e. The van der Waals surface area contributed by atoms with Crippen LogP contribution in [-0.4, -0.2) is 27.1 Å². The fourth-order valence-corrected chi connectivity index (χ4v) is 2.21. The predicted octanol–water partition coefficient (Wildman–Crippen LogP) is 1.65. The molecule has 0 saturated heterocycles. The Kier molecular flexibility index (Phi) is 3.68. The van der Waals surface area contributed by atoms with Crippen LogP contribution >= 0.6 is 0 Å². The number of para-hydroxylation sites is 1. The standard InChI is InChI=1S/C16H14N4O3/c1-9-6-7-12-11(8-9)14(18-17-12)16(23)20-19-15(22)10-4-2-3-5-13(10)21/h2-8,21H,1H3,(H,17,18)(H,19,22)(H,20,23). The quantitative estimate of drug-likeness (QED) is 0.540. The van der Waals surface area contributed by atoms with Crippen molar-refractivity contribution in [2.75, 3.05) is 0 Å². The first-order valence-electron chi connectivity index (χ1n) is 6.89. The van der Waals surface area contributed by atoms with Crippen LogP contribution in [0.5, 0.6) is 5.75 Å². The second-order valence-electron chi connectivity index (χ2n) is 5.05. The molecule has 2 aromatic carbocycles. The average Bonchev–Trinajstić information content (AvgIpc) is 2.95. The van der Waals surface area contributed by atoms with Crippen molar-refractivity contribution in [3.63, 3.8) is 0 Å². The van der Waals surface area contributed by atoms with Gasteiger partial charge >= 0.3 is 0 Å². The first kappa shape index (κ1) is 14.6. The molecule has 0 fully saturated rings. The number of phenols is 1. The molecule has 0 aliphatic carbocycles. The van der Waals surface area contributed by atoms with Crippen molar-refractivity contribution in [3.05, 3.63) is 59.3 Å². The molecule has 3 aromatic rings. The van der Waals surface area contributed by atoms with Crippen molar-refractivity contribution in [1.29, 1.82) is 0 Å². The monoisotopic (exact) mass is 310 g/mol. The van der Waals surface area contributed by atoms with Gasteiger partial charge in [0.25, 0.3) is 11.8 Å². The van der Waals surface area contributed by atoms with E-state index >= 15 is 0 Å². The molecule has 23 heavy (non-hydrogen) atoms. The van der Waals surface area contributed by atoms with Crippen LogP contribution in [0.25, 0.3) is 10.9 Å². The van der Waals surface area contributed by atoms with Crippen LogP contribution in [0.4, 0.5) is 0 Å². The number of carbonyl (C=O) groups excluding carboxylic acids is 2. The summed E-state index contributed by atoms with van der Waals surface area (Å²) < 4.78 is 0. The summed E-state index contributed by atoms with van der Waals surface area (Å²) in [5.41, 5.74) is 6.51. The molecule has 0 spiro atoms. The normalized spacial score (nSPS) is 10.5. The van der Waals surface area contributed by atoms with Crippen LogP contribution < -0.4 is 10.9 Å². The van der Waals surface area contributed by atoms with Crippen LogP contribution in [-0.2, 0) is 0 Å². The first-order valence-corrected chi connectivity index (χ1v) is 6.89. The van der Waals surface area contributed by atoms with Gasteiger partial charge in [0.1, 0.15) is 5.75 Å². The molecule has 3 rings (SSSR count). The Balaban J connectivity index is 1.75. The van der Waals surface area contributed by atoms with Gasteiger partial charge in [0, 0.05) is 5.39 Å². The molecule has 7 nitrogen and oxygen atoms in total. The summed E-state index contributed by atoms with van der Waals surface area (Å²) in [4.78, 5) is 24.1. The van der Waals surface area contributed by atoms with E-state index in [9.17, 15) is 14.7 Å². The fourth-order valence-electron chi connectivity index (χ4n) is 2.21. The average molecular weight is 310 g/mol. The van der Waals surface area contributed by atoms with Gasteiger partial charge in [-0.25, -0.2) is 0 Å². The summed E-state index contributed by atoms with van der Waals surface area (Å²) in [6, 6.07) is 11.6. The third-order valence-electron chi connectivity index (χ3n) is 3.37. The van der Waals surface area contributed by atoms with E-state index in [0.29, 0.717) is 5.39 Å². The minimum absolute atomic E-state index is 0.0653. The Morgan fingerprint density at radius 3 is 2.61 bits per heavy atom. The zero-order valence-electron chi connectivity index (χ0n) is 12.3. The number of phenolic OH excluding ortho intramolecular Hbond substituents is 1. The van der Waals surface area contributed by atoms with Crippen molar-refractivity contribution in [1.82, 2.24) is 21.0 Å². The van der Waals surface area contributed by atoms with Crippen molar-refractivity contribution in [2.24, 2.45) is 0 Å². The van der Waals surface area contributed by atoms with E-state index in [1.807, 2.05) is 25.1 Å². The predicted molar refractivity (Wildman–Crippen MR) is 83.9 cm³/mol. The Morgan fingerprint density at radius 1 is 1.09 bits per heavy atom. The number of aromatic amines is 1. The molecule has 4 N–H and O–H groups in total. The van der Waals surface area contributed by atoms with Gasteiger partial charge in [0.15, 0.2) is 5.69 Å². The first-order chi connectivity index (χ1) is 11.1. The third kappa shape index (κ3) is 2.84. The molecule has 0 bridgehead atoms. The number of H-pyrrole nitrogens is 1. The lowest BCUT2D eigenvalue weighted by molar-refractivity contribution is 0.0843. The molecule has 0 saturated carbocycles. The Labute approximate surface area is 131 Å². The van der Waals surface area contributed by atoms with Gasteiger partial charge in [-0.1, -0.05) is 23.8 Å². The SMILES string of the molecule is Cc1ccc2[nH]nc(C(=O)NNC(=O)c3ccccc3O)c2c1. The second kappa shape index (κ2) is 5.80. The number of amides is 2. The van der Waals surface area contributed by atoms with Crippen molar-refractivity contribution >= 4 is 22.7 Å². The number of nitrogens with zero attached hydrogens (tertiary/aromatic N) is 1. The van der Waals surface area contributed by atoms with Crippen molar-refractivity contribution in [3.8, 4) is 5.75 Å². The summed E-state index contributed by atoms with van der Waals surface area (Å²) in [6.07, 6.45) is 0. The van der Waals surface area contributed by atoms with Crippen LogP contribution in [0.1, 0.15) is 26.4 Å². The lowest BCUT2D eigenvalue weighted by atomic mass is 10.1. The maximum absolute atomic E-state index is 12.2. The zero-order chi connectivity index (χ0) is 16.4. The highest BCUT2D eigenvalue weighted by Gasteiger charge is 2.16. The number of fused-ring (bicyclic) bond motifs is 1. The summed E-state index contributed by atoms with van der Waals surface area (Å²) in [5, 5.41) is 17.0. The molecule has 2 amide bonds. The number of hydrogen-bond acceptors (Lipinski definition) is 4. The molecule has 1 heterocycles. The van der Waals surface area contributed by atoms with E-state index in [-0.39, 0.29) is 17.0 Å². The van der Waals surface area contributed by atoms with Crippen LogP contribution in [0.2, 0.25) is 0 Å². The Morgan fingerprint density at radius 2 is 1.83 bits per heavy atom. The number of nitrogens with one attached hydrogen (secondary N) is 3. The van der Waals surface area contributed by atoms with Crippen LogP contribution in [0.3, 0.4) is 0 Å². The van der Waals surface area contributed by atoms with E-state index in [4.69, 9.17) is 0 Å². The molecular weight excluding hydrogens is 296 g/mol. The number of aryl methyl sites for hydroxylation is 1. The summed E-state index contributed by atoms with van der Waals surface area (Å²) >= 11 is 0. The number of hydrazine groups is 1. The van der Waals surface area contributed by atoms with Crippen LogP contribution in [0, 0.1) is 6.92 Å². The molecule has 7 heteroatoms. The second-order valence-corrected chi connectivity index (χ2v) is 5.05. The van der Waals surface area contributed by atoms with Crippen LogP contribution in [0.15, 0.2) is 42.5 Å². The molecule has 1 aromatic heterocycles. The number of carbonyl (C=O) groups is 2. The number of benzene rings is 2. The number of hydrogen-bond donors (Lipinski definition) is 4. The summed E-state index contributed by atoms with van der Waals surface area (Å²) in [7, 11) is 0. The van der Waals surface area contributed by atoms with E-state index in [1.165, 1.54) is 12.1 Å².